The second kappa shape index (κ2) is 3.49. The highest BCUT2D eigenvalue weighted by Gasteiger charge is 2.30. The van der Waals surface area contributed by atoms with Crippen molar-refractivity contribution in [3.05, 3.63) is 10.5 Å². The van der Waals surface area contributed by atoms with Crippen molar-refractivity contribution in [2.24, 2.45) is 7.05 Å². The van der Waals surface area contributed by atoms with Crippen LogP contribution in [-0.2, 0) is 11.8 Å². The van der Waals surface area contributed by atoms with Crippen molar-refractivity contribution in [3.8, 4) is 0 Å². The number of carbonyl (C=O) groups is 1. The van der Waals surface area contributed by atoms with Crippen LogP contribution in [0.2, 0.25) is 0 Å². The van der Waals surface area contributed by atoms with Crippen LogP contribution in [0.5, 0.6) is 0 Å². The zero-order chi connectivity index (χ0) is 10.9. The number of hydrogen-bond donors (Lipinski definition) is 2. The van der Waals surface area contributed by atoms with E-state index in [0.717, 1.165) is 11.8 Å². The van der Waals surface area contributed by atoms with E-state index in [1.165, 1.54) is 11.6 Å². The van der Waals surface area contributed by atoms with Crippen molar-refractivity contribution in [1.29, 1.82) is 0 Å². The number of aliphatic carboxylic acids is 1. The first kappa shape index (κ1) is 10.8. The summed E-state index contributed by atoms with van der Waals surface area (Å²) in [4.78, 5) is 21.8. The molecule has 0 radical (unpaired) electrons. The van der Waals surface area contributed by atoms with Crippen LogP contribution in [0.4, 0.5) is 0 Å². The number of carboxylic acids is 1. The number of nitrogens with zero attached hydrogens (tertiary/aromatic N) is 2. The molecule has 0 aliphatic carbocycles. The lowest BCUT2D eigenvalue weighted by atomic mass is 10.2. The van der Waals surface area contributed by atoms with E-state index in [1.807, 2.05) is 0 Å². The molecule has 78 valence electrons. The maximum Gasteiger partial charge on any atom is 0.343 e. The minimum Gasteiger partial charge on any atom is -0.480 e. The minimum atomic E-state index is -1.00. The molecule has 0 bridgehead atoms. The van der Waals surface area contributed by atoms with Gasteiger partial charge < -0.3 is 5.11 Å². The molecule has 0 spiro atoms. The van der Waals surface area contributed by atoms with Gasteiger partial charge in [-0.1, -0.05) is 11.8 Å². The molecule has 0 atom stereocenters. The molecular formula is C7H11N3O3S. The Labute approximate surface area is 84.3 Å². The van der Waals surface area contributed by atoms with Crippen LogP contribution < -0.4 is 5.69 Å². The smallest absolute Gasteiger partial charge is 0.343 e. The van der Waals surface area contributed by atoms with Crippen LogP contribution in [0.1, 0.15) is 13.8 Å². The van der Waals surface area contributed by atoms with Crippen LogP contribution >= 0.6 is 11.8 Å². The Morgan fingerprint density at radius 3 is 2.57 bits per heavy atom. The zero-order valence-corrected chi connectivity index (χ0v) is 8.88. The fraction of sp³-hybridized carbons (Fsp3) is 0.571. The van der Waals surface area contributed by atoms with Gasteiger partial charge in [0.2, 0.25) is 0 Å². The normalized spacial score (nSPS) is 11.6. The van der Waals surface area contributed by atoms with E-state index < -0.39 is 10.7 Å². The first-order chi connectivity index (χ1) is 6.34. The molecule has 0 amide bonds. The predicted molar refractivity (Wildman–Crippen MR) is 51.4 cm³/mol. The Balaban J connectivity index is 2.95. The Hall–Kier alpha value is -1.24. The molecule has 6 nitrogen and oxygen atoms in total. The average molecular weight is 217 g/mol. The average Bonchev–Trinajstić information content (AvgIpc) is 2.35. The fourth-order valence-electron chi connectivity index (χ4n) is 0.696. The number of H-pyrrole nitrogens is 1. The summed E-state index contributed by atoms with van der Waals surface area (Å²) < 4.78 is 0.273. The quantitative estimate of drug-likeness (QED) is 0.699. The number of nitrogens with one attached hydrogen (secondary N) is 1. The number of rotatable bonds is 3. The Bertz CT molecular complexity index is 407. The van der Waals surface area contributed by atoms with Gasteiger partial charge in [-0.25, -0.2) is 9.89 Å². The molecular weight excluding hydrogens is 206 g/mol. The van der Waals surface area contributed by atoms with Gasteiger partial charge in [0.05, 0.1) is 0 Å². The Morgan fingerprint density at radius 1 is 1.64 bits per heavy atom. The van der Waals surface area contributed by atoms with E-state index in [4.69, 9.17) is 5.11 Å². The summed E-state index contributed by atoms with van der Waals surface area (Å²) >= 11 is 1.02. The molecule has 1 aromatic rings. The first-order valence-corrected chi connectivity index (χ1v) is 4.70. The number of thioether (sulfide) groups is 1. The highest BCUT2D eigenvalue weighted by molar-refractivity contribution is 8.01. The molecule has 1 rings (SSSR count). The molecule has 0 fully saturated rings. The molecule has 0 aromatic carbocycles. The molecule has 0 saturated heterocycles. The molecule has 0 saturated carbocycles. The number of aromatic nitrogens is 3. The number of aromatic amines is 1. The summed E-state index contributed by atoms with van der Waals surface area (Å²) in [6.07, 6.45) is 0. The van der Waals surface area contributed by atoms with Crippen LogP contribution in [0, 0.1) is 0 Å². The van der Waals surface area contributed by atoms with Crippen molar-refractivity contribution in [3.63, 3.8) is 0 Å². The van der Waals surface area contributed by atoms with Gasteiger partial charge in [-0.2, -0.15) is 0 Å². The first-order valence-electron chi connectivity index (χ1n) is 3.88. The summed E-state index contributed by atoms with van der Waals surface area (Å²) in [7, 11) is 1.53. The summed E-state index contributed by atoms with van der Waals surface area (Å²) in [6, 6.07) is 0. The van der Waals surface area contributed by atoms with E-state index in [0.29, 0.717) is 5.16 Å². The molecule has 1 heterocycles. The van der Waals surface area contributed by atoms with E-state index >= 15 is 0 Å². The van der Waals surface area contributed by atoms with Crippen molar-refractivity contribution < 1.29 is 9.90 Å². The molecule has 14 heavy (non-hydrogen) atoms. The largest absolute Gasteiger partial charge is 0.480 e. The third kappa shape index (κ3) is 1.98. The number of carboxylic acid groups (broad SMARTS) is 1. The Morgan fingerprint density at radius 2 is 2.21 bits per heavy atom. The van der Waals surface area contributed by atoms with Gasteiger partial charge in [0.15, 0.2) is 5.16 Å². The molecule has 1 aromatic heterocycles. The van der Waals surface area contributed by atoms with Gasteiger partial charge in [-0.15, -0.1) is 5.10 Å². The molecule has 7 heteroatoms. The van der Waals surface area contributed by atoms with Crippen LogP contribution in [0.25, 0.3) is 0 Å². The standard InChI is InChI=1S/C7H11N3O3S/c1-7(2,4(11)12)14-6-9-8-5(13)10(6)3/h1-3H3,(H,8,13)(H,11,12). The number of hydrogen-bond acceptors (Lipinski definition) is 4. The van der Waals surface area contributed by atoms with Crippen molar-refractivity contribution in [1.82, 2.24) is 14.8 Å². The van der Waals surface area contributed by atoms with E-state index in [2.05, 4.69) is 10.2 Å². The lowest BCUT2D eigenvalue weighted by Gasteiger charge is -2.16. The van der Waals surface area contributed by atoms with Crippen LogP contribution in [-0.4, -0.2) is 30.6 Å². The van der Waals surface area contributed by atoms with Crippen LogP contribution in [0.3, 0.4) is 0 Å². The summed E-state index contributed by atoms with van der Waals surface area (Å²) in [6.45, 7) is 3.11. The van der Waals surface area contributed by atoms with Gasteiger partial charge in [0, 0.05) is 7.05 Å². The fourth-order valence-corrected chi connectivity index (χ4v) is 1.55. The SMILES string of the molecule is Cn1c(SC(C)(C)C(=O)O)n[nH]c1=O. The second-order valence-electron chi connectivity index (χ2n) is 3.29. The molecule has 0 aliphatic heterocycles. The lowest BCUT2D eigenvalue weighted by Crippen LogP contribution is -2.28. The predicted octanol–water partition coefficient (Wildman–Crippen LogP) is 0.0637. The van der Waals surface area contributed by atoms with Crippen molar-refractivity contribution in [2.75, 3.05) is 0 Å². The third-order valence-corrected chi connectivity index (χ3v) is 2.93. The molecule has 0 aliphatic rings. The summed E-state index contributed by atoms with van der Waals surface area (Å²) in [5.74, 6) is -0.946. The highest BCUT2D eigenvalue weighted by atomic mass is 32.2. The summed E-state index contributed by atoms with van der Waals surface area (Å²) in [5, 5.41) is 15.2. The van der Waals surface area contributed by atoms with Crippen molar-refractivity contribution in [2.45, 2.75) is 23.8 Å². The molecule has 0 unspecified atom stereocenters. The van der Waals surface area contributed by atoms with Gasteiger partial charge in [-0.3, -0.25) is 9.36 Å². The Kier molecular flexibility index (Phi) is 2.70. The lowest BCUT2D eigenvalue weighted by molar-refractivity contribution is -0.138. The summed E-state index contributed by atoms with van der Waals surface area (Å²) in [5.41, 5.74) is -0.353. The van der Waals surface area contributed by atoms with Crippen LogP contribution in [0.15, 0.2) is 9.95 Å². The van der Waals surface area contributed by atoms with Gasteiger partial charge in [0.1, 0.15) is 4.75 Å². The third-order valence-electron chi connectivity index (χ3n) is 1.70. The zero-order valence-electron chi connectivity index (χ0n) is 8.07. The molecule has 2 N–H and O–H groups in total. The minimum absolute atomic E-state index is 0.353. The topological polar surface area (TPSA) is 88.0 Å². The maximum absolute atomic E-state index is 11.0. The van der Waals surface area contributed by atoms with Gasteiger partial charge in [-0.05, 0) is 13.8 Å². The van der Waals surface area contributed by atoms with E-state index in [-0.39, 0.29) is 5.69 Å². The van der Waals surface area contributed by atoms with E-state index in [1.54, 1.807) is 13.8 Å². The monoisotopic (exact) mass is 217 g/mol. The maximum atomic E-state index is 11.0. The van der Waals surface area contributed by atoms with Gasteiger partial charge >= 0.3 is 11.7 Å². The second-order valence-corrected chi connectivity index (χ2v) is 4.88. The van der Waals surface area contributed by atoms with Crippen molar-refractivity contribution >= 4 is 17.7 Å². The van der Waals surface area contributed by atoms with Gasteiger partial charge in [0.25, 0.3) is 0 Å². The highest BCUT2D eigenvalue weighted by Crippen LogP contribution is 2.29. The van der Waals surface area contributed by atoms with E-state index in [9.17, 15) is 9.59 Å².